The Bertz CT molecular complexity index is 662. The molecule has 0 atom stereocenters. The molecule has 0 radical (unpaired) electrons. The zero-order valence-electron chi connectivity index (χ0n) is 10.2. The van der Waals surface area contributed by atoms with Gasteiger partial charge < -0.3 is 10.5 Å². The summed E-state index contributed by atoms with van der Waals surface area (Å²) in [4.78, 5) is 10.4. The molecule has 104 valence electrons. The number of ether oxygens (including phenoxy) is 1. The van der Waals surface area contributed by atoms with Crippen LogP contribution < -0.4 is 10.5 Å². The summed E-state index contributed by atoms with van der Waals surface area (Å²) in [6.45, 7) is 0.223. The van der Waals surface area contributed by atoms with Gasteiger partial charge in [0.1, 0.15) is 5.75 Å². The van der Waals surface area contributed by atoms with Crippen molar-refractivity contribution in [1.29, 1.82) is 0 Å². The number of halogens is 2. The largest absolute Gasteiger partial charge is 0.450 e. The number of rotatable bonds is 4. The molecule has 0 saturated carbocycles. The SMILES string of the molecule is NCc1ccc(Cl)cc1Oc1cc(Cl)ccc1[N+](=O)[O-]. The van der Waals surface area contributed by atoms with E-state index in [-0.39, 0.29) is 18.0 Å². The highest BCUT2D eigenvalue weighted by molar-refractivity contribution is 6.31. The minimum atomic E-state index is -0.543. The first-order valence-electron chi connectivity index (χ1n) is 5.61. The standard InChI is InChI=1S/C13H10Cl2N2O3/c14-9-2-1-8(7-16)12(5-9)20-13-6-10(15)3-4-11(13)17(18)19/h1-6H,7,16H2. The second-order valence-electron chi connectivity index (χ2n) is 3.93. The second kappa shape index (κ2) is 6.09. The number of hydrogen-bond acceptors (Lipinski definition) is 4. The lowest BCUT2D eigenvalue weighted by molar-refractivity contribution is -0.385. The monoisotopic (exact) mass is 312 g/mol. The van der Waals surface area contributed by atoms with E-state index in [4.69, 9.17) is 33.7 Å². The summed E-state index contributed by atoms with van der Waals surface area (Å²) in [6.07, 6.45) is 0. The summed E-state index contributed by atoms with van der Waals surface area (Å²) in [5, 5.41) is 11.8. The molecule has 2 aromatic carbocycles. The van der Waals surface area contributed by atoms with Gasteiger partial charge in [0.15, 0.2) is 0 Å². The molecule has 0 aliphatic carbocycles. The van der Waals surface area contributed by atoms with Crippen molar-refractivity contribution in [3.05, 3.63) is 62.1 Å². The lowest BCUT2D eigenvalue weighted by atomic mass is 10.2. The maximum Gasteiger partial charge on any atom is 0.311 e. The van der Waals surface area contributed by atoms with Crippen molar-refractivity contribution < 1.29 is 9.66 Å². The Morgan fingerprint density at radius 3 is 2.30 bits per heavy atom. The van der Waals surface area contributed by atoms with Gasteiger partial charge in [-0.05, 0) is 18.2 Å². The quantitative estimate of drug-likeness (QED) is 0.679. The minimum absolute atomic E-state index is 0.0412. The maximum atomic E-state index is 11.0. The fourth-order valence-corrected chi connectivity index (χ4v) is 1.96. The van der Waals surface area contributed by atoms with Gasteiger partial charge in [-0.25, -0.2) is 0 Å². The smallest absolute Gasteiger partial charge is 0.311 e. The fraction of sp³-hybridized carbons (Fsp3) is 0.0769. The minimum Gasteiger partial charge on any atom is -0.450 e. The van der Waals surface area contributed by atoms with E-state index in [1.54, 1.807) is 18.2 Å². The molecule has 0 amide bonds. The van der Waals surface area contributed by atoms with Gasteiger partial charge in [-0.2, -0.15) is 0 Å². The Kier molecular flexibility index (Phi) is 4.44. The van der Waals surface area contributed by atoms with Gasteiger partial charge in [0, 0.05) is 34.3 Å². The molecule has 20 heavy (non-hydrogen) atoms. The van der Waals surface area contributed by atoms with Gasteiger partial charge in [0.2, 0.25) is 5.75 Å². The molecular weight excluding hydrogens is 303 g/mol. The third-order valence-electron chi connectivity index (χ3n) is 2.59. The van der Waals surface area contributed by atoms with E-state index in [1.807, 2.05) is 0 Å². The normalized spacial score (nSPS) is 10.3. The first-order valence-corrected chi connectivity index (χ1v) is 6.37. The van der Waals surface area contributed by atoms with Crippen molar-refractivity contribution in [2.24, 2.45) is 5.73 Å². The van der Waals surface area contributed by atoms with Crippen LogP contribution in [0.15, 0.2) is 36.4 Å². The van der Waals surface area contributed by atoms with Gasteiger partial charge in [0.05, 0.1) is 4.92 Å². The van der Waals surface area contributed by atoms with Crippen LogP contribution in [-0.2, 0) is 6.54 Å². The zero-order chi connectivity index (χ0) is 14.7. The van der Waals surface area contributed by atoms with Crippen molar-refractivity contribution in [2.45, 2.75) is 6.54 Å². The van der Waals surface area contributed by atoms with E-state index in [2.05, 4.69) is 0 Å². The number of nitro benzene ring substituents is 1. The predicted molar refractivity (Wildman–Crippen MR) is 77.5 cm³/mol. The third-order valence-corrected chi connectivity index (χ3v) is 3.06. The topological polar surface area (TPSA) is 78.4 Å². The van der Waals surface area contributed by atoms with Gasteiger partial charge in [-0.1, -0.05) is 29.3 Å². The summed E-state index contributed by atoms with van der Waals surface area (Å²) >= 11 is 11.7. The van der Waals surface area contributed by atoms with Crippen LogP contribution in [0.1, 0.15) is 5.56 Å². The molecule has 0 heterocycles. The Labute approximate surface area is 125 Å². The van der Waals surface area contributed by atoms with Crippen LogP contribution in [0, 0.1) is 10.1 Å². The lowest BCUT2D eigenvalue weighted by Crippen LogP contribution is -2.00. The van der Waals surface area contributed by atoms with Crippen LogP contribution in [0.2, 0.25) is 10.0 Å². The van der Waals surface area contributed by atoms with Gasteiger partial charge in [0.25, 0.3) is 0 Å². The molecule has 0 unspecified atom stereocenters. The van der Waals surface area contributed by atoms with Gasteiger partial charge in [-0.15, -0.1) is 0 Å². The Morgan fingerprint density at radius 2 is 1.70 bits per heavy atom. The van der Waals surface area contributed by atoms with Crippen LogP contribution >= 0.6 is 23.2 Å². The first kappa shape index (κ1) is 14.6. The van der Waals surface area contributed by atoms with E-state index in [0.717, 1.165) is 0 Å². The molecule has 2 aromatic rings. The maximum absolute atomic E-state index is 11.0. The molecule has 0 aliphatic rings. The fourth-order valence-electron chi connectivity index (χ4n) is 1.63. The van der Waals surface area contributed by atoms with E-state index in [9.17, 15) is 10.1 Å². The van der Waals surface area contributed by atoms with Crippen molar-refractivity contribution >= 4 is 28.9 Å². The van der Waals surface area contributed by atoms with Crippen molar-refractivity contribution in [2.75, 3.05) is 0 Å². The number of benzene rings is 2. The predicted octanol–water partition coefficient (Wildman–Crippen LogP) is 4.15. The van der Waals surface area contributed by atoms with E-state index in [1.165, 1.54) is 18.2 Å². The average Bonchev–Trinajstić information content (AvgIpc) is 2.38. The zero-order valence-corrected chi connectivity index (χ0v) is 11.7. The summed E-state index contributed by atoms with van der Waals surface area (Å²) in [5.41, 5.74) is 6.10. The summed E-state index contributed by atoms with van der Waals surface area (Å²) in [5.74, 6) is 0.407. The highest BCUT2D eigenvalue weighted by Crippen LogP contribution is 2.35. The van der Waals surface area contributed by atoms with Crippen LogP contribution in [-0.4, -0.2) is 4.92 Å². The number of nitrogens with zero attached hydrogens (tertiary/aromatic N) is 1. The molecule has 5 nitrogen and oxygen atoms in total. The molecule has 0 aliphatic heterocycles. The van der Waals surface area contributed by atoms with Crippen LogP contribution in [0.25, 0.3) is 0 Å². The Hall–Kier alpha value is -1.82. The molecule has 2 rings (SSSR count). The number of nitrogens with two attached hydrogens (primary N) is 1. The van der Waals surface area contributed by atoms with Gasteiger partial charge >= 0.3 is 5.69 Å². The van der Waals surface area contributed by atoms with Gasteiger partial charge in [-0.3, -0.25) is 10.1 Å². The molecule has 0 fully saturated rings. The van der Waals surface area contributed by atoms with E-state index < -0.39 is 4.92 Å². The molecule has 7 heteroatoms. The summed E-state index contributed by atoms with van der Waals surface area (Å²) < 4.78 is 5.56. The Balaban J connectivity index is 2.46. The van der Waals surface area contributed by atoms with Crippen molar-refractivity contribution in [3.63, 3.8) is 0 Å². The number of hydrogen-bond donors (Lipinski definition) is 1. The van der Waals surface area contributed by atoms with Crippen molar-refractivity contribution in [3.8, 4) is 11.5 Å². The summed E-state index contributed by atoms with van der Waals surface area (Å²) in [7, 11) is 0. The highest BCUT2D eigenvalue weighted by Gasteiger charge is 2.17. The van der Waals surface area contributed by atoms with E-state index >= 15 is 0 Å². The molecular formula is C13H10Cl2N2O3. The highest BCUT2D eigenvalue weighted by atomic mass is 35.5. The van der Waals surface area contributed by atoms with Crippen LogP contribution in [0.4, 0.5) is 5.69 Å². The Morgan fingerprint density at radius 1 is 1.10 bits per heavy atom. The molecule has 0 aromatic heterocycles. The molecule has 2 N–H and O–H groups in total. The molecule has 0 bridgehead atoms. The van der Waals surface area contributed by atoms with Crippen molar-refractivity contribution in [1.82, 2.24) is 0 Å². The molecule has 0 saturated heterocycles. The van der Waals surface area contributed by atoms with E-state index in [0.29, 0.717) is 21.4 Å². The summed E-state index contributed by atoms with van der Waals surface area (Å²) in [6, 6.07) is 9.00. The average molecular weight is 313 g/mol. The molecule has 0 spiro atoms. The van der Waals surface area contributed by atoms with Crippen LogP contribution in [0.5, 0.6) is 11.5 Å². The third kappa shape index (κ3) is 3.19. The lowest BCUT2D eigenvalue weighted by Gasteiger charge is -2.11. The second-order valence-corrected chi connectivity index (χ2v) is 4.80. The van der Waals surface area contributed by atoms with Crippen LogP contribution in [0.3, 0.4) is 0 Å². The first-order chi connectivity index (χ1) is 9.51. The number of nitro groups is 1.